The third-order valence-electron chi connectivity index (χ3n) is 5.79. The van der Waals surface area contributed by atoms with Crippen LogP contribution in [0.4, 0.5) is 23.2 Å². The number of carboxylic acid groups (broad SMARTS) is 1. The zero-order valence-corrected chi connectivity index (χ0v) is 18.8. The van der Waals surface area contributed by atoms with Gasteiger partial charge in [0.1, 0.15) is 5.82 Å². The number of nitrogens with one attached hydrogen (secondary N) is 1. The van der Waals surface area contributed by atoms with Crippen molar-refractivity contribution in [3.8, 4) is 10.4 Å². The molecule has 0 bridgehead atoms. The number of amides is 1. The van der Waals surface area contributed by atoms with Gasteiger partial charge in [0.25, 0.3) is 6.47 Å². The summed E-state index contributed by atoms with van der Waals surface area (Å²) in [7, 11) is 0. The van der Waals surface area contributed by atoms with Crippen LogP contribution in [0.25, 0.3) is 10.4 Å². The molecule has 2 N–H and O–H groups in total. The van der Waals surface area contributed by atoms with E-state index >= 15 is 0 Å². The number of carbonyl (C=O) groups excluding carboxylic acids is 1. The summed E-state index contributed by atoms with van der Waals surface area (Å²) in [6.45, 7) is -0.250. The average Bonchev–Trinajstić information content (AvgIpc) is 3.35. The molecule has 180 valence electrons. The summed E-state index contributed by atoms with van der Waals surface area (Å²) in [5, 5.41) is 11.4. The molecule has 1 saturated carbocycles. The highest BCUT2D eigenvalue weighted by Gasteiger charge is 2.32. The van der Waals surface area contributed by atoms with E-state index in [1.165, 1.54) is 10.4 Å². The van der Waals surface area contributed by atoms with Crippen molar-refractivity contribution in [3.63, 3.8) is 0 Å². The molecule has 3 aromatic rings. The summed E-state index contributed by atoms with van der Waals surface area (Å²) in [6, 6.07) is 14.6. The maximum Gasteiger partial charge on any atom is 0.416 e. The molecule has 4 rings (SSSR count). The first-order chi connectivity index (χ1) is 16.2. The van der Waals surface area contributed by atoms with Crippen LogP contribution in [0.3, 0.4) is 0 Å². The van der Waals surface area contributed by atoms with Crippen LogP contribution in [0.5, 0.6) is 0 Å². The van der Waals surface area contributed by atoms with Gasteiger partial charge in [0.2, 0.25) is 5.91 Å². The molecular weight excluding hydrogens is 470 g/mol. The molecule has 1 aliphatic rings. The van der Waals surface area contributed by atoms with Crippen LogP contribution in [0.1, 0.15) is 42.7 Å². The molecule has 4 nitrogen and oxygen atoms in total. The van der Waals surface area contributed by atoms with Gasteiger partial charge in [-0.05, 0) is 66.0 Å². The number of rotatable bonds is 4. The van der Waals surface area contributed by atoms with E-state index in [0.717, 1.165) is 30.5 Å². The Hall–Kier alpha value is -3.20. The Balaban J connectivity index is 0.00000103. The monoisotopic (exact) mass is 493 g/mol. The molecule has 0 radical (unpaired) electrons. The van der Waals surface area contributed by atoms with Crippen LogP contribution in [0.2, 0.25) is 0 Å². The normalized spacial score (nSPS) is 17.9. The second-order valence-electron chi connectivity index (χ2n) is 7.95. The number of alkyl halides is 3. The maximum absolute atomic E-state index is 14.1. The van der Waals surface area contributed by atoms with Gasteiger partial charge in [-0.25, -0.2) is 4.39 Å². The minimum atomic E-state index is -4.63. The highest BCUT2D eigenvalue weighted by atomic mass is 32.1. The molecule has 2 aromatic carbocycles. The molecule has 34 heavy (non-hydrogen) atoms. The first kappa shape index (κ1) is 25.4. The number of carbonyl (C=O) groups is 2. The van der Waals surface area contributed by atoms with Gasteiger partial charge >= 0.3 is 6.18 Å². The Bertz CT molecular complexity index is 1100. The van der Waals surface area contributed by atoms with E-state index in [9.17, 15) is 22.4 Å². The van der Waals surface area contributed by atoms with Gasteiger partial charge in [-0.15, -0.1) is 11.3 Å². The lowest BCUT2D eigenvalue weighted by Gasteiger charge is -2.29. The van der Waals surface area contributed by atoms with Crippen molar-refractivity contribution in [1.82, 2.24) is 0 Å². The van der Waals surface area contributed by atoms with Crippen LogP contribution in [0.15, 0.2) is 60.0 Å². The molecule has 1 aliphatic carbocycles. The van der Waals surface area contributed by atoms with Gasteiger partial charge in [-0.1, -0.05) is 36.8 Å². The SMILES string of the molecule is O=C(Nc1ccc(C(F)(F)F)cc1F)C1CCCC(c2ccc(-c3cccs3)cc2)C1.O=CO. The van der Waals surface area contributed by atoms with Crippen molar-refractivity contribution < 1.29 is 32.3 Å². The van der Waals surface area contributed by atoms with Crippen LogP contribution in [0, 0.1) is 11.7 Å². The van der Waals surface area contributed by atoms with E-state index in [1.807, 2.05) is 11.4 Å². The molecule has 0 aliphatic heterocycles. The van der Waals surface area contributed by atoms with Gasteiger partial charge in [0.05, 0.1) is 11.3 Å². The maximum atomic E-state index is 14.1. The van der Waals surface area contributed by atoms with Crippen molar-refractivity contribution in [2.24, 2.45) is 5.92 Å². The summed E-state index contributed by atoms with van der Waals surface area (Å²) < 4.78 is 52.2. The average molecular weight is 494 g/mol. The van der Waals surface area contributed by atoms with Crippen molar-refractivity contribution in [2.45, 2.75) is 37.8 Å². The number of hydrogen-bond donors (Lipinski definition) is 2. The molecule has 1 fully saturated rings. The second kappa shape index (κ2) is 11.3. The number of benzene rings is 2. The van der Waals surface area contributed by atoms with E-state index in [1.54, 1.807) is 11.3 Å². The molecule has 2 atom stereocenters. The Morgan fingerprint density at radius 2 is 1.79 bits per heavy atom. The predicted molar refractivity (Wildman–Crippen MR) is 123 cm³/mol. The van der Waals surface area contributed by atoms with Gasteiger partial charge < -0.3 is 10.4 Å². The number of halogens is 4. The quantitative estimate of drug-likeness (QED) is 0.299. The molecule has 0 saturated heterocycles. The lowest BCUT2D eigenvalue weighted by molar-refractivity contribution is -0.137. The Labute approximate surface area is 198 Å². The molecule has 0 spiro atoms. The first-order valence-electron chi connectivity index (χ1n) is 10.6. The molecule has 1 heterocycles. The summed E-state index contributed by atoms with van der Waals surface area (Å²) in [5.41, 5.74) is 1.02. The van der Waals surface area contributed by atoms with Crippen LogP contribution < -0.4 is 5.32 Å². The second-order valence-corrected chi connectivity index (χ2v) is 8.89. The Morgan fingerprint density at radius 1 is 1.09 bits per heavy atom. The van der Waals surface area contributed by atoms with Crippen molar-refractivity contribution in [3.05, 3.63) is 76.9 Å². The molecule has 2 unspecified atom stereocenters. The van der Waals surface area contributed by atoms with Crippen LogP contribution >= 0.6 is 11.3 Å². The smallest absolute Gasteiger partial charge is 0.416 e. The third kappa shape index (κ3) is 6.44. The summed E-state index contributed by atoms with van der Waals surface area (Å²) >= 11 is 1.68. The van der Waals surface area contributed by atoms with Crippen molar-refractivity contribution in [1.29, 1.82) is 0 Å². The minimum absolute atomic E-state index is 0.222. The Kier molecular flexibility index (Phi) is 8.44. The lowest BCUT2D eigenvalue weighted by atomic mass is 9.77. The van der Waals surface area contributed by atoms with Crippen LogP contribution in [-0.2, 0) is 15.8 Å². The molecule has 1 aromatic heterocycles. The minimum Gasteiger partial charge on any atom is -0.483 e. The topological polar surface area (TPSA) is 66.4 Å². The molecule has 1 amide bonds. The van der Waals surface area contributed by atoms with Gasteiger partial charge in [-0.2, -0.15) is 13.2 Å². The fourth-order valence-corrected chi connectivity index (χ4v) is 4.85. The zero-order valence-electron chi connectivity index (χ0n) is 18.0. The predicted octanol–water partition coefficient (Wildman–Crippen LogP) is 7.19. The molecule has 9 heteroatoms. The number of anilines is 1. The van der Waals surface area contributed by atoms with E-state index in [2.05, 4.69) is 35.6 Å². The zero-order chi connectivity index (χ0) is 24.7. The van der Waals surface area contributed by atoms with Gasteiger partial charge in [0.15, 0.2) is 0 Å². The summed E-state index contributed by atoms with van der Waals surface area (Å²) in [5.74, 6) is -1.52. The van der Waals surface area contributed by atoms with E-state index < -0.39 is 17.6 Å². The standard InChI is InChI=1S/C24H21F4NOS.CH2O2/c25-20-14-19(24(26,27)28)10-11-21(20)29-23(30)18-4-1-3-17(13-18)15-6-8-16(9-7-15)22-5-2-12-31-22;2-1-3/h2,5-12,14,17-18H,1,3-4,13H2,(H,29,30);1H,(H,2,3). The number of thiophene rings is 1. The Morgan fingerprint density at radius 3 is 2.38 bits per heavy atom. The van der Waals surface area contributed by atoms with E-state index in [-0.39, 0.29) is 29.9 Å². The third-order valence-corrected chi connectivity index (χ3v) is 6.71. The lowest BCUT2D eigenvalue weighted by Crippen LogP contribution is -2.28. The van der Waals surface area contributed by atoms with E-state index in [0.29, 0.717) is 18.9 Å². The van der Waals surface area contributed by atoms with E-state index in [4.69, 9.17) is 9.90 Å². The van der Waals surface area contributed by atoms with Gasteiger partial charge in [0, 0.05) is 10.8 Å². The fraction of sp³-hybridized carbons (Fsp3) is 0.280. The highest BCUT2D eigenvalue weighted by Crippen LogP contribution is 2.38. The molecular formula is C25H23F4NO3S. The number of hydrogen-bond acceptors (Lipinski definition) is 3. The fourth-order valence-electron chi connectivity index (χ4n) is 4.12. The van der Waals surface area contributed by atoms with Gasteiger partial charge in [-0.3, -0.25) is 9.59 Å². The highest BCUT2D eigenvalue weighted by molar-refractivity contribution is 7.13. The van der Waals surface area contributed by atoms with Crippen molar-refractivity contribution in [2.75, 3.05) is 5.32 Å². The summed E-state index contributed by atoms with van der Waals surface area (Å²) in [6.07, 6.45) is -1.48. The van der Waals surface area contributed by atoms with Crippen LogP contribution in [-0.4, -0.2) is 17.5 Å². The summed E-state index contributed by atoms with van der Waals surface area (Å²) in [4.78, 5) is 22.3. The van der Waals surface area contributed by atoms with Crippen molar-refractivity contribution >= 4 is 29.4 Å². The first-order valence-corrected chi connectivity index (χ1v) is 11.5. The largest absolute Gasteiger partial charge is 0.483 e.